The maximum absolute atomic E-state index is 12.4. The zero-order chi connectivity index (χ0) is 33.1. The molecule has 12 nitrogen and oxygen atoms in total. The lowest BCUT2D eigenvalue weighted by Crippen LogP contribution is -2.12. The van der Waals surface area contributed by atoms with Crippen LogP contribution >= 0.6 is 0 Å². The molecule has 8 bridgehead atoms. The molecule has 0 fully saturated rings. The number of carbonyl (C=O) groups excluding carboxylic acids is 4. The molecule has 0 spiro atoms. The summed E-state index contributed by atoms with van der Waals surface area (Å²) in [5.74, 6) is -1.45. The van der Waals surface area contributed by atoms with E-state index >= 15 is 0 Å². The Kier molecular flexibility index (Phi) is 9.17. The molecule has 0 saturated heterocycles. The van der Waals surface area contributed by atoms with E-state index in [1.165, 1.54) is 0 Å². The first-order chi connectivity index (χ1) is 21.9. The van der Waals surface area contributed by atoms with E-state index < -0.39 is 24.2 Å². The van der Waals surface area contributed by atoms with Crippen molar-refractivity contribution in [3.8, 4) is 0 Å². The first kappa shape index (κ1) is 31.9. The monoisotopic (exact) mass is 626 g/mol. The number of aromatic nitrogens is 4. The minimum atomic E-state index is -1.07. The van der Waals surface area contributed by atoms with Crippen LogP contribution in [0.15, 0.2) is 30.3 Å². The maximum atomic E-state index is 12.4. The molecule has 0 aromatic carbocycles. The summed E-state index contributed by atoms with van der Waals surface area (Å²) in [6, 6.07) is 9.80. The van der Waals surface area contributed by atoms with Gasteiger partial charge in [0.2, 0.25) is 0 Å². The van der Waals surface area contributed by atoms with Crippen LogP contribution in [-0.4, -0.2) is 58.4 Å². The van der Waals surface area contributed by atoms with Crippen molar-refractivity contribution in [3.63, 3.8) is 0 Å². The van der Waals surface area contributed by atoms with E-state index in [9.17, 15) is 19.2 Å². The number of fused-ring (bicyclic) bond motifs is 8. The highest BCUT2D eigenvalue weighted by atomic mass is 16.7. The summed E-state index contributed by atoms with van der Waals surface area (Å²) in [6.07, 6.45) is 0.227. The third kappa shape index (κ3) is 6.90. The number of hydrogen-bond acceptors (Lipinski definition) is 10. The number of H-pyrrole nitrogens is 2. The molecule has 3 aromatic heterocycles. The molecule has 2 aliphatic heterocycles. The van der Waals surface area contributed by atoms with Crippen molar-refractivity contribution in [1.29, 1.82) is 0 Å². The van der Waals surface area contributed by atoms with Gasteiger partial charge in [-0.25, -0.2) is 19.6 Å². The van der Waals surface area contributed by atoms with Gasteiger partial charge in [-0.2, -0.15) is 0 Å². The number of hydrogen-bond donors (Lipinski definition) is 2. The van der Waals surface area contributed by atoms with Gasteiger partial charge in [0.05, 0.1) is 49.8 Å². The second kappa shape index (κ2) is 13.2. The molecule has 0 aliphatic carbocycles. The van der Waals surface area contributed by atoms with E-state index in [0.29, 0.717) is 16.9 Å². The van der Waals surface area contributed by atoms with E-state index in [-0.39, 0.29) is 25.7 Å². The van der Waals surface area contributed by atoms with Gasteiger partial charge in [0, 0.05) is 22.1 Å². The van der Waals surface area contributed by atoms with Gasteiger partial charge in [-0.05, 0) is 110 Å². The third-order valence-corrected chi connectivity index (χ3v) is 7.96. The summed E-state index contributed by atoms with van der Waals surface area (Å²) in [6.45, 7) is 7.88. The molecule has 46 heavy (non-hydrogen) atoms. The van der Waals surface area contributed by atoms with Crippen molar-refractivity contribution in [2.24, 2.45) is 0 Å². The smallest absolute Gasteiger partial charge is 0.437 e. The quantitative estimate of drug-likeness (QED) is 0.221. The van der Waals surface area contributed by atoms with Crippen molar-refractivity contribution in [2.45, 2.75) is 53.4 Å². The average molecular weight is 627 g/mol. The zero-order valence-corrected chi connectivity index (χ0v) is 26.5. The summed E-state index contributed by atoms with van der Waals surface area (Å²) in [5.41, 5.74) is 11.5. The van der Waals surface area contributed by atoms with Gasteiger partial charge in [-0.3, -0.25) is 9.59 Å². The maximum Gasteiger partial charge on any atom is 0.515 e. The fourth-order valence-electron chi connectivity index (χ4n) is 5.47. The first-order valence-corrected chi connectivity index (χ1v) is 14.6. The molecule has 3 aromatic rings. The summed E-state index contributed by atoms with van der Waals surface area (Å²) >= 11 is 0. The van der Waals surface area contributed by atoms with E-state index in [1.54, 1.807) is 0 Å². The van der Waals surface area contributed by atoms with E-state index in [4.69, 9.17) is 19.4 Å². The van der Waals surface area contributed by atoms with Crippen molar-refractivity contribution in [2.75, 3.05) is 14.2 Å². The van der Waals surface area contributed by atoms with E-state index in [0.717, 1.165) is 75.6 Å². The number of ether oxygens (including phenoxy) is 4. The Labute approximate surface area is 264 Å². The Morgan fingerprint density at radius 1 is 0.696 bits per heavy atom. The largest absolute Gasteiger partial charge is 0.515 e. The molecule has 5 heterocycles. The second-order valence-corrected chi connectivity index (χ2v) is 11.0. The second-order valence-electron chi connectivity index (χ2n) is 11.0. The molecule has 0 amide bonds. The van der Waals surface area contributed by atoms with Crippen LogP contribution in [0.4, 0.5) is 9.59 Å². The van der Waals surface area contributed by atoms with Crippen molar-refractivity contribution in [1.82, 2.24) is 19.9 Å². The Bertz CT molecular complexity index is 2000. The predicted octanol–water partition coefficient (Wildman–Crippen LogP) is 6.75. The Morgan fingerprint density at radius 2 is 1.35 bits per heavy atom. The highest BCUT2D eigenvalue weighted by Gasteiger charge is 2.21. The number of nitrogens with zero attached hydrogens (tertiary/aromatic N) is 2. The van der Waals surface area contributed by atoms with Crippen LogP contribution in [0.25, 0.3) is 44.9 Å². The Balaban J connectivity index is 1.71. The minimum Gasteiger partial charge on any atom is -0.437 e. The van der Waals surface area contributed by atoms with Gasteiger partial charge in [0.1, 0.15) is 0 Å². The standard InChI is InChI=1S/C34H34N4O8/c1-17-11-22-14-27-19(3)23(7-9-31(39)45-33(41)43-5)29(37-27)16-30-24(8-10-32(40)46-34(42)44-6)20(4)28(38-30)15-26-18(2)12-21(36-26)13-25(17)35-22/h11-16,35,38H,7-10H2,1-6H3. The Morgan fingerprint density at radius 3 is 2.02 bits per heavy atom. The normalized spacial score (nSPS) is 12.4. The van der Waals surface area contributed by atoms with Crippen LogP contribution in [0.3, 0.4) is 0 Å². The number of aryl methyl sites for hydroxylation is 3. The number of allylic oxidation sites excluding steroid dienone is 3. The number of aromatic amines is 2. The van der Waals surface area contributed by atoms with Gasteiger partial charge in [0.15, 0.2) is 0 Å². The zero-order valence-electron chi connectivity index (χ0n) is 26.5. The van der Waals surface area contributed by atoms with E-state index in [2.05, 4.69) is 19.4 Å². The molecule has 2 N–H and O–H groups in total. The van der Waals surface area contributed by atoms with Crippen molar-refractivity contribution in [3.05, 3.63) is 69.8 Å². The lowest BCUT2D eigenvalue weighted by Gasteiger charge is -2.05. The molecule has 238 valence electrons. The number of rotatable bonds is 6. The average Bonchev–Trinajstić information content (AvgIpc) is 3.71. The van der Waals surface area contributed by atoms with Crippen LogP contribution in [0.2, 0.25) is 0 Å². The predicted molar refractivity (Wildman–Crippen MR) is 171 cm³/mol. The molecule has 5 rings (SSSR count). The topological polar surface area (TPSA) is 163 Å². The molecular weight excluding hydrogens is 592 g/mol. The summed E-state index contributed by atoms with van der Waals surface area (Å²) < 4.78 is 18.3. The molecular formula is C34H34N4O8. The van der Waals surface area contributed by atoms with Gasteiger partial charge in [0.25, 0.3) is 0 Å². The van der Waals surface area contributed by atoms with Crippen LogP contribution < -0.4 is 0 Å². The molecule has 0 saturated carbocycles. The van der Waals surface area contributed by atoms with Gasteiger partial charge < -0.3 is 28.9 Å². The molecule has 0 radical (unpaired) electrons. The fraction of sp³-hybridized carbons (Fsp3) is 0.294. The minimum absolute atomic E-state index is 0.0756. The van der Waals surface area contributed by atoms with E-state index in [1.807, 2.05) is 64.1 Å². The number of esters is 2. The van der Waals surface area contributed by atoms with Crippen LogP contribution in [-0.2, 0) is 35.0 Å². The van der Waals surface area contributed by atoms with Crippen molar-refractivity contribution >= 4 is 69.1 Å². The molecule has 2 aliphatic rings. The molecule has 12 heteroatoms. The highest BCUT2D eigenvalue weighted by molar-refractivity contribution is 5.94. The third-order valence-electron chi connectivity index (χ3n) is 7.96. The first-order valence-electron chi connectivity index (χ1n) is 14.6. The number of nitrogens with one attached hydrogen (secondary N) is 2. The lowest BCUT2D eigenvalue weighted by atomic mass is 10.0. The van der Waals surface area contributed by atoms with Crippen LogP contribution in [0, 0.1) is 13.8 Å². The van der Waals surface area contributed by atoms with Crippen molar-refractivity contribution < 1.29 is 38.1 Å². The van der Waals surface area contributed by atoms with Crippen LogP contribution in [0.1, 0.15) is 72.6 Å². The number of carbonyl (C=O) groups is 4. The summed E-state index contributed by atoms with van der Waals surface area (Å²) in [5, 5.41) is 0. The SMILES string of the molecule is COC(=O)OC(=O)CCC1=C(C)c2cc3cc(C)c(cc4nc(cc5[nH]c(cc1n2)c(CCC(=O)OC(=O)OC)c5C)C(C)=C4)[nH]3. The summed E-state index contributed by atoms with van der Waals surface area (Å²) in [7, 11) is 2.27. The van der Waals surface area contributed by atoms with Gasteiger partial charge in [-0.1, -0.05) is 0 Å². The lowest BCUT2D eigenvalue weighted by molar-refractivity contribution is -0.140. The molecule has 0 unspecified atom stereocenters. The van der Waals surface area contributed by atoms with Gasteiger partial charge >= 0.3 is 24.2 Å². The Hall–Kier alpha value is -5.52. The highest BCUT2D eigenvalue weighted by Crippen LogP contribution is 2.35. The van der Waals surface area contributed by atoms with Gasteiger partial charge in [-0.15, -0.1) is 0 Å². The fourth-order valence-corrected chi connectivity index (χ4v) is 5.47. The number of methoxy groups -OCH3 is 2. The molecule has 0 atom stereocenters. The van der Waals surface area contributed by atoms with Crippen LogP contribution in [0.5, 0.6) is 0 Å². The summed E-state index contributed by atoms with van der Waals surface area (Å²) in [4.78, 5) is 64.5.